The predicted octanol–water partition coefficient (Wildman–Crippen LogP) is 3.24. The monoisotopic (exact) mass is 298 g/mol. The van der Waals surface area contributed by atoms with E-state index in [0.717, 1.165) is 25.8 Å². The van der Waals surface area contributed by atoms with Crippen LogP contribution in [0.5, 0.6) is 0 Å². The van der Waals surface area contributed by atoms with Crippen molar-refractivity contribution >= 4 is 17.7 Å². The predicted molar refractivity (Wildman–Crippen MR) is 86.9 cm³/mol. The molecule has 2 saturated heterocycles. The van der Waals surface area contributed by atoms with E-state index in [-0.39, 0.29) is 17.0 Å². The zero-order chi connectivity index (χ0) is 14.8. The smallest absolute Gasteiger partial charge is 0.241 e. The van der Waals surface area contributed by atoms with E-state index in [9.17, 15) is 4.79 Å². The van der Waals surface area contributed by atoms with Crippen LogP contribution in [0.2, 0.25) is 0 Å². The molecule has 3 nitrogen and oxygen atoms in total. The van der Waals surface area contributed by atoms with Crippen molar-refractivity contribution in [2.45, 2.75) is 76.8 Å². The summed E-state index contributed by atoms with van der Waals surface area (Å²) in [4.78, 5) is 14.9. The summed E-state index contributed by atoms with van der Waals surface area (Å²) in [6.45, 7) is 9.84. The molecule has 1 amide bonds. The van der Waals surface area contributed by atoms with E-state index in [1.54, 1.807) is 0 Å². The first-order valence-corrected chi connectivity index (χ1v) is 9.14. The van der Waals surface area contributed by atoms with Gasteiger partial charge in [-0.25, -0.2) is 0 Å². The van der Waals surface area contributed by atoms with Gasteiger partial charge in [-0.3, -0.25) is 10.1 Å². The van der Waals surface area contributed by atoms with Crippen molar-refractivity contribution in [3.63, 3.8) is 0 Å². The zero-order valence-corrected chi connectivity index (χ0v) is 14.3. The van der Waals surface area contributed by atoms with Crippen molar-refractivity contribution in [1.82, 2.24) is 10.2 Å². The number of carbonyl (C=O) groups is 1. The minimum Gasteiger partial charge on any atom is -0.324 e. The maximum Gasteiger partial charge on any atom is 0.241 e. The molecular weight excluding hydrogens is 268 g/mol. The average Bonchev–Trinajstić information content (AvgIpc) is 2.90. The number of thioether (sulfide) groups is 1. The number of carbonyl (C=O) groups excluding carboxylic acids is 1. The first kappa shape index (κ1) is 16.2. The van der Waals surface area contributed by atoms with Crippen molar-refractivity contribution in [2.24, 2.45) is 5.92 Å². The number of nitrogens with one attached hydrogen (secondary N) is 1. The van der Waals surface area contributed by atoms with Crippen LogP contribution in [0, 0.1) is 5.92 Å². The second-order valence-electron chi connectivity index (χ2n) is 7.02. The van der Waals surface area contributed by atoms with Gasteiger partial charge in [0.25, 0.3) is 0 Å². The number of rotatable bonds is 6. The lowest BCUT2D eigenvalue weighted by atomic mass is 10.0. The fourth-order valence-electron chi connectivity index (χ4n) is 3.41. The molecule has 0 aromatic heterocycles. The Hall–Kier alpha value is -0.220. The standard InChI is InChI=1S/C16H30N2OS/c1-5-7-14-17-13(10-12(2)3)15(19)18(14)11-16(4)8-6-9-20-16/h12-14,17H,5-11H2,1-4H3. The Morgan fingerprint density at radius 2 is 2.25 bits per heavy atom. The maximum atomic E-state index is 12.7. The van der Waals surface area contributed by atoms with Gasteiger partial charge in [0.2, 0.25) is 5.91 Å². The number of hydrogen-bond donors (Lipinski definition) is 1. The molecule has 116 valence electrons. The molecule has 2 heterocycles. The second kappa shape index (κ2) is 6.69. The molecule has 3 atom stereocenters. The summed E-state index contributed by atoms with van der Waals surface area (Å²) in [6.07, 6.45) is 5.95. The molecule has 3 unspecified atom stereocenters. The Kier molecular flexibility index (Phi) is 5.41. The third-order valence-corrected chi connectivity index (χ3v) is 5.95. The summed E-state index contributed by atoms with van der Waals surface area (Å²) >= 11 is 2.05. The summed E-state index contributed by atoms with van der Waals surface area (Å²) in [6, 6.07) is 0.0431. The first-order valence-electron chi connectivity index (χ1n) is 8.15. The molecule has 4 heteroatoms. The lowest BCUT2D eigenvalue weighted by Gasteiger charge is -2.32. The summed E-state index contributed by atoms with van der Waals surface area (Å²) in [5.41, 5.74) is 0. The largest absolute Gasteiger partial charge is 0.324 e. The van der Waals surface area contributed by atoms with Gasteiger partial charge in [0.15, 0.2) is 0 Å². The molecule has 2 aliphatic heterocycles. The molecule has 2 aliphatic rings. The molecular formula is C16H30N2OS. The highest BCUT2D eigenvalue weighted by Gasteiger charge is 2.42. The number of nitrogens with zero attached hydrogens (tertiary/aromatic N) is 1. The van der Waals surface area contributed by atoms with Gasteiger partial charge in [-0.15, -0.1) is 0 Å². The van der Waals surface area contributed by atoms with Crippen LogP contribution in [0.1, 0.15) is 59.8 Å². The Balaban J connectivity index is 2.04. The van der Waals surface area contributed by atoms with Crippen molar-refractivity contribution in [3.8, 4) is 0 Å². The number of hydrogen-bond acceptors (Lipinski definition) is 3. The van der Waals surface area contributed by atoms with Crippen molar-refractivity contribution in [3.05, 3.63) is 0 Å². The van der Waals surface area contributed by atoms with Gasteiger partial charge in [-0.1, -0.05) is 27.2 Å². The van der Waals surface area contributed by atoms with E-state index in [4.69, 9.17) is 0 Å². The molecule has 20 heavy (non-hydrogen) atoms. The molecule has 0 radical (unpaired) electrons. The lowest BCUT2D eigenvalue weighted by molar-refractivity contribution is -0.130. The van der Waals surface area contributed by atoms with Crippen LogP contribution >= 0.6 is 11.8 Å². The fraction of sp³-hybridized carbons (Fsp3) is 0.938. The summed E-state index contributed by atoms with van der Waals surface area (Å²) in [5.74, 6) is 2.15. The van der Waals surface area contributed by atoms with Crippen LogP contribution in [-0.2, 0) is 4.79 Å². The van der Waals surface area contributed by atoms with Crippen molar-refractivity contribution in [1.29, 1.82) is 0 Å². The Morgan fingerprint density at radius 1 is 1.50 bits per heavy atom. The van der Waals surface area contributed by atoms with E-state index < -0.39 is 0 Å². The fourth-order valence-corrected chi connectivity index (χ4v) is 4.71. The summed E-state index contributed by atoms with van der Waals surface area (Å²) in [7, 11) is 0. The van der Waals surface area contributed by atoms with Crippen molar-refractivity contribution in [2.75, 3.05) is 12.3 Å². The van der Waals surface area contributed by atoms with Gasteiger partial charge in [0, 0.05) is 11.3 Å². The lowest BCUT2D eigenvalue weighted by Crippen LogP contribution is -2.44. The van der Waals surface area contributed by atoms with Crippen LogP contribution in [0.15, 0.2) is 0 Å². The number of amides is 1. The summed E-state index contributed by atoms with van der Waals surface area (Å²) < 4.78 is 0.274. The van der Waals surface area contributed by atoms with Crippen LogP contribution in [0.3, 0.4) is 0 Å². The molecule has 0 aliphatic carbocycles. The highest BCUT2D eigenvalue weighted by Crippen LogP contribution is 2.39. The normalized spacial score (nSPS) is 34.5. The molecule has 2 fully saturated rings. The zero-order valence-electron chi connectivity index (χ0n) is 13.4. The van der Waals surface area contributed by atoms with Gasteiger partial charge in [0.05, 0.1) is 12.2 Å². The third kappa shape index (κ3) is 3.70. The quantitative estimate of drug-likeness (QED) is 0.817. The molecule has 2 rings (SSSR count). The van der Waals surface area contributed by atoms with Crippen LogP contribution < -0.4 is 5.32 Å². The molecule has 0 aromatic rings. The van der Waals surface area contributed by atoms with Gasteiger partial charge in [0.1, 0.15) is 0 Å². The second-order valence-corrected chi connectivity index (χ2v) is 8.70. The van der Waals surface area contributed by atoms with E-state index in [0.29, 0.717) is 11.8 Å². The van der Waals surface area contributed by atoms with Gasteiger partial charge in [-0.2, -0.15) is 11.8 Å². The molecule has 0 saturated carbocycles. The molecule has 0 aromatic carbocycles. The van der Waals surface area contributed by atoms with Crippen LogP contribution in [0.25, 0.3) is 0 Å². The van der Waals surface area contributed by atoms with Crippen LogP contribution in [-0.4, -0.2) is 40.1 Å². The minimum absolute atomic E-state index is 0.0431. The topological polar surface area (TPSA) is 32.3 Å². The molecule has 0 spiro atoms. The van der Waals surface area contributed by atoms with Crippen LogP contribution in [0.4, 0.5) is 0 Å². The van der Waals surface area contributed by atoms with E-state index in [2.05, 4.69) is 37.9 Å². The molecule has 0 bridgehead atoms. The maximum absolute atomic E-state index is 12.7. The van der Waals surface area contributed by atoms with Gasteiger partial charge < -0.3 is 4.90 Å². The van der Waals surface area contributed by atoms with E-state index >= 15 is 0 Å². The Labute approximate surface area is 128 Å². The van der Waals surface area contributed by atoms with E-state index in [1.165, 1.54) is 18.6 Å². The molecule has 1 N–H and O–H groups in total. The SMILES string of the molecule is CCCC1NC(CC(C)C)C(=O)N1CC1(C)CCCS1. The minimum atomic E-state index is 0.0431. The third-order valence-electron chi connectivity index (χ3n) is 4.43. The first-order chi connectivity index (χ1) is 9.45. The van der Waals surface area contributed by atoms with E-state index in [1.807, 2.05) is 11.8 Å². The summed E-state index contributed by atoms with van der Waals surface area (Å²) in [5, 5.41) is 3.58. The highest BCUT2D eigenvalue weighted by molar-refractivity contribution is 8.00. The van der Waals surface area contributed by atoms with Gasteiger partial charge >= 0.3 is 0 Å². The van der Waals surface area contributed by atoms with Gasteiger partial charge in [-0.05, 0) is 44.3 Å². The average molecular weight is 298 g/mol. The highest BCUT2D eigenvalue weighted by atomic mass is 32.2. The Bertz CT molecular complexity index is 339. The van der Waals surface area contributed by atoms with Crippen molar-refractivity contribution < 1.29 is 4.79 Å². The Morgan fingerprint density at radius 3 is 2.80 bits per heavy atom.